The molecule has 0 saturated heterocycles. The number of halogens is 3. The highest BCUT2D eigenvalue weighted by Gasteiger charge is 2.02. The minimum absolute atomic E-state index is 0.168. The van der Waals surface area contributed by atoms with Crippen LogP contribution in [0.25, 0.3) is 0 Å². The van der Waals surface area contributed by atoms with E-state index in [0.29, 0.717) is 23.7 Å². The zero-order chi connectivity index (χ0) is 9.68. The normalized spacial score (nSPS) is 10.4. The molecule has 0 saturated carbocycles. The molecule has 0 aliphatic rings. The molecule has 72 valence electrons. The van der Waals surface area contributed by atoms with E-state index in [1.165, 1.54) is 6.07 Å². The van der Waals surface area contributed by atoms with E-state index in [1.54, 1.807) is 12.1 Å². The van der Waals surface area contributed by atoms with E-state index >= 15 is 0 Å². The standard InChI is InChI=1S/C10H11Cl2F/c11-5-1-2-9-6-8(7-12)3-4-10(9)13/h3-4,6H,1-2,5,7H2. The summed E-state index contributed by atoms with van der Waals surface area (Å²) in [6.07, 6.45) is 1.48. The molecule has 3 heteroatoms. The van der Waals surface area contributed by atoms with Crippen LogP contribution in [0.3, 0.4) is 0 Å². The summed E-state index contributed by atoms with van der Waals surface area (Å²) in [6.45, 7) is 0. The highest BCUT2D eigenvalue weighted by Crippen LogP contribution is 2.14. The molecule has 0 nitrogen and oxygen atoms in total. The maximum atomic E-state index is 13.1. The minimum atomic E-state index is -0.168. The van der Waals surface area contributed by atoms with Gasteiger partial charge in [-0.15, -0.1) is 23.2 Å². The zero-order valence-corrected chi connectivity index (χ0v) is 8.71. The van der Waals surface area contributed by atoms with Crippen molar-refractivity contribution >= 4 is 23.2 Å². The Labute approximate surface area is 87.7 Å². The monoisotopic (exact) mass is 220 g/mol. The van der Waals surface area contributed by atoms with E-state index in [1.807, 2.05) is 0 Å². The first-order valence-electron chi connectivity index (χ1n) is 4.17. The fourth-order valence-electron chi connectivity index (χ4n) is 1.16. The summed E-state index contributed by atoms with van der Waals surface area (Å²) in [5.74, 6) is 0.817. The molecule has 0 aromatic heterocycles. The lowest BCUT2D eigenvalue weighted by Crippen LogP contribution is -1.93. The van der Waals surface area contributed by atoms with Gasteiger partial charge in [-0.2, -0.15) is 0 Å². The molecule has 0 radical (unpaired) electrons. The molecule has 0 aliphatic heterocycles. The van der Waals surface area contributed by atoms with E-state index in [9.17, 15) is 4.39 Å². The SMILES string of the molecule is Fc1ccc(CCl)cc1CCCCl. The summed E-state index contributed by atoms with van der Waals surface area (Å²) in [4.78, 5) is 0. The Morgan fingerprint density at radius 2 is 2.00 bits per heavy atom. The Bertz CT molecular complexity index is 274. The second-order valence-electron chi connectivity index (χ2n) is 2.85. The maximum absolute atomic E-state index is 13.1. The van der Waals surface area contributed by atoms with Crippen molar-refractivity contribution in [2.24, 2.45) is 0 Å². The first-order valence-corrected chi connectivity index (χ1v) is 5.24. The van der Waals surface area contributed by atoms with Crippen LogP contribution in [0.5, 0.6) is 0 Å². The number of aryl methyl sites for hydroxylation is 1. The molecule has 0 N–H and O–H groups in total. The van der Waals surface area contributed by atoms with Gasteiger partial charge in [0.2, 0.25) is 0 Å². The van der Waals surface area contributed by atoms with E-state index < -0.39 is 0 Å². The molecule has 0 unspecified atom stereocenters. The smallest absolute Gasteiger partial charge is 0.126 e. The van der Waals surface area contributed by atoms with Gasteiger partial charge in [-0.25, -0.2) is 4.39 Å². The highest BCUT2D eigenvalue weighted by atomic mass is 35.5. The largest absolute Gasteiger partial charge is 0.207 e. The molecule has 1 aromatic carbocycles. The molecule has 0 spiro atoms. The van der Waals surface area contributed by atoms with Gasteiger partial charge in [0.1, 0.15) is 5.82 Å². The molecule has 0 aliphatic carbocycles. The molecule has 1 rings (SSSR count). The predicted molar refractivity (Wildman–Crippen MR) is 55.0 cm³/mol. The molecule has 0 heterocycles. The molecular weight excluding hydrogens is 210 g/mol. The van der Waals surface area contributed by atoms with Gasteiger partial charge in [0.25, 0.3) is 0 Å². The van der Waals surface area contributed by atoms with Crippen LogP contribution in [-0.4, -0.2) is 5.88 Å². The van der Waals surface area contributed by atoms with Gasteiger partial charge in [0, 0.05) is 11.8 Å². The van der Waals surface area contributed by atoms with E-state index in [0.717, 1.165) is 12.0 Å². The third-order valence-corrected chi connectivity index (χ3v) is 2.42. The van der Waals surface area contributed by atoms with Crippen LogP contribution in [0, 0.1) is 5.82 Å². The molecule has 0 fully saturated rings. The van der Waals surface area contributed by atoms with Crippen LogP contribution >= 0.6 is 23.2 Å². The quantitative estimate of drug-likeness (QED) is 0.679. The van der Waals surface area contributed by atoms with Crippen molar-refractivity contribution in [1.82, 2.24) is 0 Å². The fraction of sp³-hybridized carbons (Fsp3) is 0.400. The van der Waals surface area contributed by atoms with E-state index in [2.05, 4.69) is 0 Å². The van der Waals surface area contributed by atoms with Gasteiger partial charge < -0.3 is 0 Å². The van der Waals surface area contributed by atoms with Crippen molar-refractivity contribution in [1.29, 1.82) is 0 Å². The van der Waals surface area contributed by atoms with Gasteiger partial charge in [-0.3, -0.25) is 0 Å². The topological polar surface area (TPSA) is 0 Å². The van der Waals surface area contributed by atoms with Crippen LogP contribution < -0.4 is 0 Å². The van der Waals surface area contributed by atoms with Crippen molar-refractivity contribution in [3.05, 3.63) is 35.1 Å². The third kappa shape index (κ3) is 3.17. The lowest BCUT2D eigenvalue weighted by Gasteiger charge is -2.03. The van der Waals surface area contributed by atoms with Crippen molar-refractivity contribution in [2.45, 2.75) is 18.7 Å². The van der Waals surface area contributed by atoms with Gasteiger partial charge in [-0.05, 0) is 30.0 Å². The maximum Gasteiger partial charge on any atom is 0.126 e. The van der Waals surface area contributed by atoms with Gasteiger partial charge in [-0.1, -0.05) is 12.1 Å². The average Bonchev–Trinajstić information content (AvgIpc) is 2.17. The zero-order valence-electron chi connectivity index (χ0n) is 7.19. The van der Waals surface area contributed by atoms with E-state index in [-0.39, 0.29) is 5.82 Å². The summed E-state index contributed by atoms with van der Waals surface area (Å²) in [5, 5.41) is 0. The summed E-state index contributed by atoms with van der Waals surface area (Å²) in [5.41, 5.74) is 1.66. The lowest BCUT2D eigenvalue weighted by molar-refractivity contribution is 0.607. The van der Waals surface area contributed by atoms with Gasteiger partial charge in [0.15, 0.2) is 0 Å². The van der Waals surface area contributed by atoms with Crippen molar-refractivity contribution in [2.75, 3.05) is 5.88 Å². The second kappa shape index (κ2) is 5.46. The molecule has 0 amide bonds. The average molecular weight is 221 g/mol. The Hall–Kier alpha value is -0.270. The number of benzene rings is 1. The van der Waals surface area contributed by atoms with Crippen molar-refractivity contribution in [3.8, 4) is 0 Å². The number of hydrogen-bond donors (Lipinski definition) is 0. The fourth-order valence-corrected chi connectivity index (χ4v) is 1.46. The Morgan fingerprint density at radius 1 is 1.23 bits per heavy atom. The first kappa shape index (κ1) is 10.8. The van der Waals surface area contributed by atoms with Crippen LogP contribution in [-0.2, 0) is 12.3 Å². The third-order valence-electron chi connectivity index (χ3n) is 1.84. The van der Waals surface area contributed by atoms with Crippen LogP contribution in [0.15, 0.2) is 18.2 Å². The van der Waals surface area contributed by atoms with Crippen molar-refractivity contribution in [3.63, 3.8) is 0 Å². The molecular formula is C10H11Cl2F. The molecule has 13 heavy (non-hydrogen) atoms. The summed E-state index contributed by atoms with van der Waals surface area (Å²) < 4.78 is 13.1. The lowest BCUT2D eigenvalue weighted by atomic mass is 10.1. The van der Waals surface area contributed by atoms with Crippen molar-refractivity contribution < 1.29 is 4.39 Å². The molecule has 0 bridgehead atoms. The number of hydrogen-bond acceptors (Lipinski definition) is 0. The first-order chi connectivity index (χ1) is 6.27. The molecule has 0 atom stereocenters. The van der Waals surface area contributed by atoms with Crippen LogP contribution in [0.4, 0.5) is 4.39 Å². The summed E-state index contributed by atoms with van der Waals surface area (Å²) in [7, 11) is 0. The number of rotatable bonds is 4. The van der Waals surface area contributed by atoms with Crippen LogP contribution in [0.2, 0.25) is 0 Å². The second-order valence-corrected chi connectivity index (χ2v) is 3.50. The molecule has 1 aromatic rings. The number of alkyl halides is 2. The Kier molecular flexibility index (Phi) is 4.54. The minimum Gasteiger partial charge on any atom is -0.207 e. The van der Waals surface area contributed by atoms with Gasteiger partial charge >= 0.3 is 0 Å². The van der Waals surface area contributed by atoms with E-state index in [4.69, 9.17) is 23.2 Å². The predicted octanol–water partition coefficient (Wildman–Crippen LogP) is 3.74. The van der Waals surface area contributed by atoms with Crippen LogP contribution in [0.1, 0.15) is 17.5 Å². The Balaban J connectivity index is 2.78. The van der Waals surface area contributed by atoms with Gasteiger partial charge in [0.05, 0.1) is 0 Å². The Morgan fingerprint density at radius 3 is 2.62 bits per heavy atom. The summed E-state index contributed by atoms with van der Waals surface area (Å²) in [6, 6.07) is 4.96. The summed E-state index contributed by atoms with van der Waals surface area (Å²) >= 11 is 11.2. The highest BCUT2D eigenvalue weighted by molar-refractivity contribution is 6.17.